The maximum absolute atomic E-state index is 12.4. The van der Waals surface area contributed by atoms with Crippen LogP contribution in [-0.2, 0) is 4.74 Å². The molecule has 0 aliphatic carbocycles. The molecule has 0 spiro atoms. The van der Waals surface area contributed by atoms with Crippen molar-refractivity contribution in [3.8, 4) is 11.1 Å². The van der Waals surface area contributed by atoms with E-state index in [1.807, 2.05) is 68.4 Å². The van der Waals surface area contributed by atoms with E-state index in [0.717, 1.165) is 17.5 Å². The zero-order valence-corrected chi connectivity index (χ0v) is 16.6. The highest BCUT2D eigenvalue weighted by atomic mass is 16.6. The van der Waals surface area contributed by atoms with Crippen LogP contribution in [0.4, 0.5) is 4.79 Å². The third kappa shape index (κ3) is 5.35. The molecule has 3 rings (SSSR count). The highest BCUT2D eigenvalue weighted by molar-refractivity contribution is 5.94. The summed E-state index contributed by atoms with van der Waals surface area (Å²) in [4.78, 5) is 26.2. The van der Waals surface area contributed by atoms with Gasteiger partial charge in [0.05, 0.1) is 6.61 Å². The number of carbonyl (C=O) groups is 2. The Morgan fingerprint density at radius 3 is 2.43 bits per heavy atom. The zero-order valence-electron chi connectivity index (χ0n) is 16.6. The van der Waals surface area contributed by atoms with Crippen LogP contribution in [0.5, 0.6) is 0 Å². The highest BCUT2D eigenvalue weighted by Gasteiger charge is 2.27. The molecule has 1 N–H and O–H groups in total. The number of nitrogens with one attached hydrogen (secondary N) is 1. The number of benzene rings is 2. The number of likely N-dealkylation sites (tertiary alicyclic amines) is 1. The Hall–Kier alpha value is -2.82. The van der Waals surface area contributed by atoms with Gasteiger partial charge in [0.2, 0.25) is 0 Å². The first-order valence-electron chi connectivity index (χ1n) is 9.88. The fraction of sp³-hybridized carbons (Fsp3) is 0.391. The fourth-order valence-corrected chi connectivity index (χ4v) is 3.28. The summed E-state index contributed by atoms with van der Waals surface area (Å²) in [5.74, 6) is 0.509. The molecule has 5 nitrogen and oxygen atoms in total. The number of carbonyl (C=O) groups excluding carboxylic acids is 2. The Balaban J connectivity index is 1.46. The van der Waals surface area contributed by atoms with Crippen molar-refractivity contribution in [2.45, 2.75) is 20.3 Å². The van der Waals surface area contributed by atoms with Crippen molar-refractivity contribution in [1.82, 2.24) is 10.2 Å². The van der Waals surface area contributed by atoms with Gasteiger partial charge in [-0.15, -0.1) is 0 Å². The van der Waals surface area contributed by atoms with E-state index >= 15 is 0 Å². The lowest BCUT2D eigenvalue weighted by Gasteiger charge is -2.17. The lowest BCUT2D eigenvalue weighted by Crippen LogP contribution is -2.33. The van der Waals surface area contributed by atoms with Crippen LogP contribution in [0.15, 0.2) is 54.6 Å². The smallest absolute Gasteiger partial charge is 0.409 e. The predicted molar refractivity (Wildman–Crippen MR) is 110 cm³/mol. The monoisotopic (exact) mass is 380 g/mol. The van der Waals surface area contributed by atoms with Gasteiger partial charge in [-0.25, -0.2) is 4.79 Å². The van der Waals surface area contributed by atoms with Crippen LogP contribution in [0.3, 0.4) is 0 Å². The third-order valence-corrected chi connectivity index (χ3v) is 4.89. The normalized spacial score (nSPS) is 16.2. The second kappa shape index (κ2) is 9.40. The van der Waals surface area contributed by atoms with Crippen molar-refractivity contribution in [3.05, 3.63) is 60.2 Å². The molecule has 1 unspecified atom stereocenters. The highest BCUT2D eigenvalue weighted by Crippen LogP contribution is 2.20. The topological polar surface area (TPSA) is 58.6 Å². The number of nitrogens with zero attached hydrogens (tertiary/aromatic N) is 1. The molecule has 148 valence electrons. The summed E-state index contributed by atoms with van der Waals surface area (Å²) >= 11 is 0. The second-order valence-corrected chi connectivity index (χ2v) is 7.72. The number of ether oxygens (including phenoxy) is 1. The summed E-state index contributed by atoms with van der Waals surface area (Å²) in [6.45, 7) is 6.35. The van der Waals surface area contributed by atoms with Crippen molar-refractivity contribution in [3.63, 3.8) is 0 Å². The first-order valence-corrected chi connectivity index (χ1v) is 9.88. The van der Waals surface area contributed by atoms with Crippen LogP contribution in [0, 0.1) is 11.8 Å². The quantitative estimate of drug-likeness (QED) is 0.817. The molecule has 1 atom stereocenters. The van der Waals surface area contributed by atoms with E-state index in [1.54, 1.807) is 4.90 Å². The van der Waals surface area contributed by atoms with Gasteiger partial charge in [-0.1, -0.05) is 56.3 Å². The van der Waals surface area contributed by atoms with Crippen molar-refractivity contribution in [2.24, 2.45) is 11.8 Å². The van der Waals surface area contributed by atoms with Crippen molar-refractivity contribution in [1.29, 1.82) is 0 Å². The summed E-state index contributed by atoms with van der Waals surface area (Å²) in [5, 5.41) is 2.99. The minimum Gasteiger partial charge on any atom is -0.449 e. The van der Waals surface area contributed by atoms with Crippen LogP contribution < -0.4 is 5.32 Å². The maximum Gasteiger partial charge on any atom is 0.409 e. The molecule has 0 bridgehead atoms. The van der Waals surface area contributed by atoms with Crippen molar-refractivity contribution in [2.75, 3.05) is 26.2 Å². The molecule has 2 aromatic rings. The molecule has 0 saturated carbocycles. The Morgan fingerprint density at radius 2 is 1.75 bits per heavy atom. The van der Waals surface area contributed by atoms with E-state index in [2.05, 4.69) is 5.32 Å². The lowest BCUT2D eigenvalue weighted by molar-refractivity contribution is 0.0943. The average Bonchev–Trinajstić information content (AvgIpc) is 3.20. The maximum atomic E-state index is 12.4. The SMILES string of the molecule is CC(C)COC(=O)N1CCC(CNC(=O)c2ccc(-c3ccccc3)cc2)C1. The van der Waals surface area contributed by atoms with Gasteiger partial charge in [0, 0.05) is 25.2 Å². The van der Waals surface area contributed by atoms with Gasteiger partial charge >= 0.3 is 6.09 Å². The number of hydrogen-bond acceptors (Lipinski definition) is 3. The Kier molecular flexibility index (Phi) is 6.69. The van der Waals surface area contributed by atoms with Crippen molar-refractivity contribution < 1.29 is 14.3 Å². The summed E-state index contributed by atoms with van der Waals surface area (Å²) in [5.41, 5.74) is 2.86. The van der Waals surface area contributed by atoms with Gasteiger partial charge in [-0.2, -0.15) is 0 Å². The first kappa shape index (κ1) is 19.9. The summed E-state index contributed by atoms with van der Waals surface area (Å²) in [6, 6.07) is 17.7. The average molecular weight is 380 g/mol. The molecular formula is C23H28N2O3. The minimum absolute atomic E-state index is 0.0829. The molecule has 2 aromatic carbocycles. The van der Waals surface area contributed by atoms with Crippen LogP contribution >= 0.6 is 0 Å². The van der Waals surface area contributed by atoms with E-state index in [1.165, 1.54) is 0 Å². The van der Waals surface area contributed by atoms with E-state index in [4.69, 9.17) is 4.74 Å². The summed E-state index contributed by atoms with van der Waals surface area (Å²) in [7, 11) is 0. The Bertz CT molecular complexity index is 787. The van der Waals surface area contributed by atoms with Crippen LogP contribution in [0.2, 0.25) is 0 Å². The summed E-state index contributed by atoms with van der Waals surface area (Å²) in [6.07, 6.45) is 0.628. The number of amides is 2. The first-order chi connectivity index (χ1) is 13.5. The van der Waals surface area contributed by atoms with Crippen LogP contribution in [-0.4, -0.2) is 43.1 Å². The second-order valence-electron chi connectivity index (χ2n) is 7.72. The Labute approximate surface area is 166 Å². The molecule has 0 aromatic heterocycles. The van der Waals surface area contributed by atoms with E-state index < -0.39 is 0 Å². The van der Waals surface area contributed by atoms with Gasteiger partial charge in [-0.05, 0) is 41.5 Å². The van der Waals surface area contributed by atoms with Gasteiger partial charge < -0.3 is 15.0 Å². The molecule has 1 aliphatic heterocycles. The molecule has 2 amide bonds. The molecule has 5 heteroatoms. The fourth-order valence-electron chi connectivity index (χ4n) is 3.28. The predicted octanol–water partition coefficient (Wildman–Crippen LogP) is 4.20. The molecule has 1 saturated heterocycles. The standard InChI is InChI=1S/C23H28N2O3/c1-17(2)16-28-23(27)25-13-12-18(15-25)14-24-22(26)21-10-8-20(9-11-21)19-6-4-3-5-7-19/h3-11,17-18H,12-16H2,1-2H3,(H,24,26). The molecule has 28 heavy (non-hydrogen) atoms. The lowest BCUT2D eigenvalue weighted by atomic mass is 10.0. The third-order valence-electron chi connectivity index (χ3n) is 4.89. The molecule has 1 aliphatic rings. The van der Waals surface area contributed by atoms with Gasteiger partial charge in [0.1, 0.15) is 0 Å². The summed E-state index contributed by atoms with van der Waals surface area (Å²) < 4.78 is 5.28. The van der Waals surface area contributed by atoms with Crippen LogP contribution in [0.1, 0.15) is 30.6 Å². The van der Waals surface area contributed by atoms with E-state index in [0.29, 0.717) is 37.7 Å². The van der Waals surface area contributed by atoms with Crippen LogP contribution in [0.25, 0.3) is 11.1 Å². The number of rotatable bonds is 6. The zero-order chi connectivity index (χ0) is 19.9. The Morgan fingerprint density at radius 1 is 1.07 bits per heavy atom. The van der Waals surface area contributed by atoms with E-state index in [-0.39, 0.29) is 17.9 Å². The van der Waals surface area contributed by atoms with Gasteiger partial charge in [-0.3, -0.25) is 4.79 Å². The molecule has 0 radical (unpaired) electrons. The molecule has 1 fully saturated rings. The van der Waals surface area contributed by atoms with Crippen molar-refractivity contribution >= 4 is 12.0 Å². The van der Waals surface area contributed by atoms with E-state index in [9.17, 15) is 9.59 Å². The molecule has 1 heterocycles. The van der Waals surface area contributed by atoms with Gasteiger partial charge in [0.15, 0.2) is 0 Å². The number of hydrogen-bond donors (Lipinski definition) is 1. The largest absolute Gasteiger partial charge is 0.449 e. The minimum atomic E-state index is -0.251. The van der Waals surface area contributed by atoms with Gasteiger partial charge in [0.25, 0.3) is 5.91 Å². The molecular weight excluding hydrogens is 352 g/mol.